The SMILES string of the molecule is O=C(NCc1nccc2nc(-c3ccc(Cl)cc3)c(-c3ccccc3)cc12)c1ccccc1. The first kappa shape index (κ1) is 20.9. The third kappa shape index (κ3) is 4.47. The van der Waals surface area contributed by atoms with Crippen LogP contribution in [0.15, 0.2) is 103 Å². The van der Waals surface area contributed by atoms with E-state index in [-0.39, 0.29) is 5.91 Å². The highest BCUT2D eigenvalue weighted by Crippen LogP contribution is 2.34. The lowest BCUT2D eigenvalue weighted by atomic mass is 9.97. The lowest BCUT2D eigenvalue weighted by Gasteiger charge is -2.14. The standard InChI is InChI=1S/C28H20ClN3O/c29-22-13-11-20(12-14-22)27-23(19-7-3-1-4-8-19)17-24-25(32-27)15-16-30-26(24)18-31-28(33)21-9-5-2-6-10-21/h1-17H,18H2,(H,31,33). The highest BCUT2D eigenvalue weighted by atomic mass is 35.5. The molecule has 2 aromatic heterocycles. The number of amides is 1. The van der Waals surface area contributed by atoms with E-state index >= 15 is 0 Å². The summed E-state index contributed by atoms with van der Waals surface area (Å²) in [7, 11) is 0. The number of carbonyl (C=O) groups excluding carboxylic acids is 1. The number of nitrogens with zero attached hydrogens (tertiary/aromatic N) is 2. The molecule has 0 bridgehead atoms. The molecule has 0 aliphatic heterocycles. The normalized spacial score (nSPS) is 10.8. The molecule has 0 saturated heterocycles. The summed E-state index contributed by atoms with van der Waals surface area (Å²) in [6, 6.07) is 31.0. The van der Waals surface area contributed by atoms with Gasteiger partial charge in [-0.15, -0.1) is 0 Å². The second-order valence-corrected chi connectivity index (χ2v) is 8.07. The van der Waals surface area contributed by atoms with Crippen molar-refractivity contribution in [3.05, 3.63) is 120 Å². The predicted molar refractivity (Wildman–Crippen MR) is 133 cm³/mol. The van der Waals surface area contributed by atoms with Gasteiger partial charge in [0.1, 0.15) is 0 Å². The van der Waals surface area contributed by atoms with Crippen molar-refractivity contribution in [3.63, 3.8) is 0 Å². The Kier molecular flexibility index (Phi) is 5.83. The minimum atomic E-state index is -0.136. The fraction of sp³-hybridized carbons (Fsp3) is 0.0357. The first-order chi connectivity index (χ1) is 16.2. The van der Waals surface area contributed by atoms with Gasteiger partial charge < -0.3 is 5.32 Å². The van der Waals surface area contributed by atoms with Gasteiger partial charge in [0.05, 0.1) is 23.4 Å². The zero-order valence-corrected chi connectivity index (χ0v) is 18.5. The van der Waals surface area contributed by atoms with Gasteiger partial charge in [-0.05, 0) is 42.0 Å². The molecule has 5 aromatic rings. The molecular weight excluding hydrogens is 430 g/mol. The summed E-state index contributed by atoms with van der Waals surface area (Å²) < 4.78 is 0. The first-order valence-electron chi connectivity index (χ1n) is 10.6. The van der Waals surface area contributed by atoms with Crippen LogP contribution in [-0.2, 0) is 6.54 Å². The molecule has 5 rings (SSSR count). The molecule has 2 heterocycles. The molecule has 33 heavy (non-hydrogen) atoms. The van der Waals surface area contributed by atoms with Crippen molar-refractivity contribution in [1.29, 1.82) is 0 Å². The second-order valence-electron chi connectivity index (χ2n) is 7.63. The molecule has 3 aromatic carbocycles. The summed E-state index contributed by atoms with van der Waals surface area (Å²) in [6.45, 7) is 0.307. The average Bonchev–Trinajstić information content (AvgIpc) is 2.88. The Hall–Kier alpha value is -4.02. The molecule has 0 fully saturated rings. The van der Waals surface area contributed by atoms with Crippen LogP contribution in [0.4, 0.5) is 0 Å². The Balaban J connectivity index is 1.59. The van der Waals surface area contributed by atoms with Crippen LogP contribution in [0.2, 0.25) is 5.02 Å². The van der Waals surface area contributed by atoms with Crippen LogP contribution in [0.1, 0.15) is 16.1 Å². The predicted octanol–water partition coefficient (Wildman–Crippen LogP) is 6.55. The summed E-state index contributed by atoms with van der Waals surface area (Å²) >= 11 is 6.11. The van der Waals surface area contributed by atoms with Crippen molar-refractivity contribution in [1.82, 2.24) is 15.3 Å². The van der Waals surface area contributed by atoms with E-state index in [4.69, 9.17) is 16.6 Å². The fourth-order valence-corrected chi connectivity index (χ4v) is 3.94. The fourth-order valence-electron chi connectivity index (χ4n) is 3.82. The molecule has 1 amide bonds. The maximum atomic E-state index is 12.5. The van der Waals surface area contributed by atoms with Crippen LogP contribution in [0.25, 0.3) is 33.3 Å². The number of nitrogens with one attached hydrogen (secondary N) is 1. The number of aromatic nitrogens is 2. The molecular formula is C28H20ClN3O. The van der Waals surface area contributed by atoms with Crippen LogP contribution in [0, 0.1) is 0 Å². The number of rotatable bonds is 5. The lowest BCUT2D eigenvalue weighted by molar-refractivity contribution is 0.0950. The van der Waals surface area contributed by atoms with Crippen molar-refractivity contribution in [2.24, 2.45) is 0 Å². The highest BCUT2D eigenvalue weighted by molar-refractivity contribution is 6.30. The smallest absolute Gasteiger partial charge is 0.251 e. The van der Waals surface area contributed by atoms with Gasteiger partial charge in [-0.3, -0.25) is 9.78 Å². The van der Waals surface area contributed by atoms with Crippen LogP contribution < -0.4 is 5.32 Å². The molecule has 0 aliphatic carbocycles. The van der Waals surface area contributed by atoms with Crippen LogP contribution in [-0.4, -0.2) is 15.9 Å². The summed E-state index contributed by atoms with van der Waals surface area (Å²) in [5.74, 6) is -0.136. The summed E-state index contributed by atoms with van der Waals surface area (Å²) in [5.41, 5.74) is 6.11. The summed E-state index contributed by atoms with van der Waals surface area (Å²) in [4.78, 5) is 22.1. The number of hydrogen-bond donors (Lipinski definition) is 1. The molecule has 0 unspecified atom stereocenters. The van der Waals surface area contributed by atoms with Crippen molar-refractivity contribution < 1.29 is 4.79 Å². The number of halogens is 1. The number of carbonyl (C=O) groups is 1. The Bertz CT molecular complexity index is 1420. The summed E-state index contributed by atoms with van der Waals surface area (Å²) in [6.07, 6.45) is 1.73. The maximum absolute atomic E-state index is 12.5. The van der Waals surface area contributed by atoms with Gasteiger partial charge in [-0.1, -0.05) is 72.3 Å². The van der Waals surface area contributed by atoms with E-state index in [2.05, 4.69) is 28.5 Å². The highest BCUT2D eigenvalue weighted by Gasteiger charge is 2.14. The quantitative estimate of drug-likeness (QED) is 0.331. The van der Waals surface area contributed by atoms with E-state index in [9.17, 15) is 4.79 Å². The molecule has 0 atom stereocenters. The van der Waals surface area contributed by atoms with Gasteiger partial charge in [-0.2, -0.15) is 0 Å². The Labute approximate surface area is 196 Å². The third-order valence-corrected chi connectivity index (χ3v) is 5.73. The van der Waals surface area contributed by atoms with Crippen LogP contribution in [0.3, 0.4) is 0 Å². The van der Waals surface area contributed by atoms with Gasteiger partial charge in [0.15, 0.2) is 0 Å². The number of hydrogen-bond acceptors (Lipinski definition) is 3. The van der Waals surface area contributed by atoms with Crippen molar-refractivity contribution >= 4 is 28.4 Å². The van der Waals surface area contributed by atoms with Gasteiger partial charge in [0, 0.05) is 33.3 Å². The van der Waals surface area contributed by atoms with E-state index < -0.39 is 0 Å². The molecule has 4 nitrogen and oxygen atoms in total. The Morgan fingerprint density at radius 3 is 2.24 bits per heavy atom. The zero-order valence-electron chi connectivity index (χ0n) is 17.7. The minimum absolute atomic E-state index is 0.136. The Morgan fingerprint density at radius 1 is 0.818 bits per heavy atom. The molecule has 0 radical (unpaired) electrons. The van der Waals surface area contributed by atoms with Crippen molar-refractivity contribution in [3.8, 4) is 22.4 Å². The van der Waals surface area contributed by atoms with E-state index in [1.54, 1.807) is 18.3 Å². The van der Waals surface area contributed by atoms with Crippen LogP contribution >= 0.6 is 11.6 Å². The minimum Gasteiger partial charge on any atom is -0.346 e. The van der Waals surface area contributed by atoms with E-state index in [1.807, 2.05) is 66.7 Å². The molecule has 160 valence electrons. The first-order valence-corrected chi connectivity index (χ1v) is 11.0. The second kappa shape index (κ2) is 9.23. The number of benzene rings is 3. The summed E-state index contributed by atoms with van der Waals surface area (Å²) in [5, 5.41) is 4.56. The average molecular weight is 450 g/mol. The topological polar surface area (TPSA) is 54.9 Å². The molecule has 0 spiro atoms. The maximum Gasteiger partial charge on any atom is 0.251 e. The largest absolute Gasteiger partial charge is 0.346 e. The van der Waals surface area contributed by atoms with E-state index in [0.717, 1.165) is 39.0 Å². The van der Waals surface area contributed by atoms with Gasteiger partial charge in [-0.25, -0.2) is 4.98 Å². The monoisotopic (exact) mass is 449 g/mol. The number of pyridine rings is 2. The number of fused-ring (bicyclic) bond motifs is 1. The van der Waals surface area contributed by atoms with Gasteiger partial charge in [0.25, 0.3) is 5.91 Å². The molecule has 5 heteroatoms. The van der Waals surface area contributed by atoms with Crippen molar-refractivity contribution in [2.75, 3.05) is 0 Å². The Morgan fingerprint density at radius 2 is 1.52 bits per heavy atom. The van der Waals surface area contributed by atoms with E-state index in [0.29, 0.717) is 17.1 Å². The third-order valence-electron chi connectivity index (χ3n) is 5.48. The van der Waals surface area contributed by atoms with Crippen molar-refractivity contribution in [2.45, 2.75) is 6.54 Å². The molecule has 0 saturated carbocycles. The molecule has 0 aliphatic rings. The van der Waals surface area contributed by atoms with E-state index in [1.165, 1.54) is 0 Å². The van der Waals surface area contributed by atoms with Gasteiger partial charge >= 0.3 is 0 Å². The van der Waals surface area contributed by atoms with Gasteiger partial charge in [0.2, 0.25) is 0 Å². The zero-order chi connectivity index (χ0) is 22.6. The molecule has 1 N–H and O–H groups in total. The van der Waals surface area contributed by atoms with Crippen LogP contribution in [0.5, 0.6) is 0 Å². The lowest BCUT2D eigenvalue weighted by Crippen LogP contribution is -2.23.